The Morgan fingerprint density at radius 2 is 1.81 bits per heavy atom. The molecule has 0 radical (unpaired) electrons. The first-order valence-corrected chi connectivity index (χ1v) is 13.0. The lowest BCUT2D eigenvalue weighted by Gasteiger charge is -2.30. The lowest BCUT2D eigenvalue weighted by Crippen LogP contribution is -2.41. The number of hydrogen-bond donors (Lipinski definition) is 1. The lowest BCUT2D eigenvalue weighted by molar-refractivity contribution is -0.120. The topological polar surface area (TPSA) is 79.4 Å². The van der Waals surface area contributed by atoms with Crippen LogP contribution in [0.3, 0.4) is 0 Å². The molecule has 1 aromatic heterocycles. The molecule has 0 aliphatic carbocycles. The van der Waals surface area contributed by atoms with Crippen LogP contribution in [-0.4, -0.2) is 36.7 Å². The fraction of sp³-hybridized carbons (Fsp3) is 0.304. The number of aryl methyl sites for hydroxylation is 2. The Balaban J connectivity index is 1.38. The molecule has 9 heteroatoms. The van der Waals surface area contributed by atoms with Gasteiger partial charge in [-0.2, -0.15) is 4.31 Å². The second-order valence-corrected chi connectivity index (χ2v) is 11.2. The van der Waals surface area contributed by atoms with Crippen LogP contribution in [0.15, 0.2) is 52.7 Å². The van der Waals surface area contributed by atoms with E-state index in [1.165, 1.54) is 27.8 Å². The minimum atomic E-state index is -3.59. The van der Waals surface area contributed by atoms with E-state index < -0.39 is 10.0 Å². The van der Waals surface area contributed by atoms with Gasteiger partial charge >= 0.3 is 0 Å². The first-order valence-electron chi connectivity index (χ1n) is 10.3. The standard InChI is InChI=1S/C23H24ClN3O3S2/c1-15-3-4-16(2)20(13-15)21-14-31-23(25-21)26-22(28)17-9-11-27(12-10-17)32(29,30)19-7-5-18(24)6-8-19/h3-8,13-14,17H,9-12H2,1-2H3,(H,25,26,28). The molecule has 3 aromatic rings. The van der Waals surface area contributed by atoms with Gasteiger partial charge in [-0.3, -0.25) is 4.79 Å². The third-order valence-electron chi connectivity index (χ3n) is 5.68. The number of benzene rings is 2. The Kier molecular flexibility index (Phi) is 6.67. The van der Waals surface area contributed by atoms with Crippen LogP contribution in [-0.2, 0) is 14.8 Å². The van der Waals surface area contributed by atoms with Crippen molar-refractivity contribution in [1.82, 2.24) is 9.29 Å². The average molecular weight is 490 g/mol. The van der Waals surface area contributed by atoms with Crippen LogP contribution >= 0.6 is 22.9 Å². The summed E-state index contributed by atoms with van der Waals surface area (Å²) in [5.41, 5.74) is 4.19. The summed E-state index contributed by atoms with van der Waals surface area (Å²) in [5.74, 6) is -0.366. The summed E-state index contributed by atoms with van der Waals surface area (Å²) < 4.78 is 27.1. The van der Waals surface area contributed by atoms with Crippen LogP contribution in [0.5, 0.6) is 0 Å². The van der Waals surface area contributed by atoms with E-state index >= 15 is 0 Å². The van der Waals surface area contributed by atoms with Gasteiger partial charge in [-0.05, 0) is 62.6 Å². The third-order valence-corrected chi connectivity index (χ3v) is 8.60. The second-order valence-electron chi connectivity index (χ2n) is 7.98. The Labute approximate surface area is 197 Å². The van der Waals surface area contributed by atoms with Crippen LogP contribution in [0.1, 0.15) is 24.0 Å². The predicted molar refractivity (Wildman–Crippen MR) is 129 cm³/mol. The van der Waals surface area contributed by atoms with E-state index in [1.807, 2.05) is 19.2 Å². The average Bonchev–Trinajstić information content (AvgIpc) is 3.24. The van der Waals surface area contributed by atoms with E-state index in [-0.39, 0.29) is 16.7 Å². The van der Waals surface area contributed by atoms with Gasteiger partial charge in [0, 0.05) is 35.0 Å². The van der Waals surface area contributed by atoms with Gasteiger partial charge in [0.05, 0.1) is 10.6 Å². The number of nitrogens with zero attached hydrogens (tertiary/aromatic N) is 2. The highest BCUT2D eigenvalue weighted by atomic mass is 35.5. The van der Waals surface area contributed by atoms with Crippen LogP contribution in [0.2, 0.25) is 5.02 Å². The maximum Gasteiger partial charge on any atom is 0.243 e. The van der Waals surface area contributed by atoms with Crippen molar-refractivity contribution in [2.24, 2.45) is 5.92 Å². The molecule has 1 amide bonds. The summed E-state index contributed by atoms with van der Waals surface area (Å²) in [6, 6.07) is 12.4. The number of sulfonamides is 1. The predicted octanol–water partition coefficient (Wildman–Crippen LogP) is 5.12. The molecule has 0 spiro atoms. The summed E-state index contributed by atoms with van der Waals surface area (Å²) in [5, 5.41) is 5.90. The Bertz CT molecular complexity index is 1230. The van der Waals surface area contributed by atoms with Crippen molar-refractivity contribution >= 4 is 44.0 Å². The largest absolute Gasteiger partial charge is 0.302 e. The van der Waals surface area contributed by atoms with Gasteiger partial charge in [0.2, 0.25) is 15.9 Å². The smallest absolute Gasteiger partial charge is 0.243 e. The van der Waals surface area contributed by atoms with Crippen LogP contribution in [0, 0.1) is 19.8 Å². The van der Waals surface area contributed by atoms with E-state index in [9.17, 15) is 13.2 Å². The number of aromatic nitrogens is 1. The lowest BCUT2D eigenvalue weighted by atomic mass is 9.97. The zero-order chi connectivity index (χ0) is 22.9. The van der Waals surface area contributed by atoms with Crippen LogP contribution in [0.4, 0.5) is 5.13 Å². The molecule has 1 fully saturated rings. The van der Waals surface area contributed by atoms with Crippen molar-refractivity contribution in [2.75, 3.05) is 18.4 Å². The van der Waals surface area contributed by atoms with E-state index in [1.54, 1.807) is 12.1 Å². The van der Waals surface area contributed by atoms with Gasteiger partial charge in [-0.25, -0.2) is 13.4 Å². The molecule has 1 N–H and O–H groups in total. The normalized spacial score (nSPS) is 15.6. The molecule has 0 saturated carbocycles. The number of halogens is 1. The summed E-state index contributed by atoms with van der Waals surface area (Å²) in [4.78, 5) is 17.6. The van der Waals surface area contributed by atoms with Crippen LogP contribution in [0.25, 0.3) is 11.3 Å². The molecular formula is C23H24ClN3O3S2. The maximum atomic E-state index is 12.8. The molecule has 32 heavy (non-hydrogen) atoms. The van der Waals surface area contributed by atoms with E-state index in [4.69, 9.17) is 11.6 Å². The first kappa shape index (κ1) is 22.9. The Hall–Kier alpha value is -2.26. The van der Waals surface area contributed by atoms with Gasteiger partial charge in [-0.1, -0.05) is 29.3 Å². The molecule has 2 heterocycles. The number of nitrogens with one attached hydrogen (secondary N) is 1. The van der Waals surface area contributed by atoms with Crippen molar-refractivity contribution in [3.05, 3.63) is 64.0 Å². The SMILES string of the molecule is Cc1ccc(C)c(-c2csc(NC(=O)C3CCN(S(=O)(=O)c4ccc(Cl)cc4)CC3)n2)c1. The highest BCUT2D eigenvalue weighted by molar-refractivity contribution is 7.89. The minimum absolute atomic E-state index is 0.115. The van der Waals surface area contributed by atoms with Crippen molar-refractivity contribution in [3.63, 3.8) is 0 Å². The molecule has 168 valence electrons. The van der Waals surface area contributed by atoms with Crippen molar-refractivity contribution in [3.8, 4) is 11.3 Å². The number of hydrogen-bond acceptors (Lipinski definition) is 5. The quantitative estimate of drug-likeness (QED) is 0.539. The van der Waals surface area contributed by atoms with Gasteiger partial charge in [-0.15, -0.1) is 11.3 Å². The zero-order valence-electron chi connectivity index (χ0n) is 17.8. The number of carbonyl (C=O) groups excluding carboxylic acids is 1. The third kappa shape index (κ3) is 4.88. The van der Waals surface area contributed by atoms with Crippen molar-refractivity contribution in [2.45, 2.75) is 31.6 Å². The molecular weight excluding hydrogens is 466 g/mol. The molecule has 1 aliphatic rings. The Morgan fingerprint density at radius 3 is 2.50 bits per heavy atom. The number of anilines is 1. The van der Waals surface area contributed by atoms with Gasteiger partial charge < -0.3 is 5.32 Å². The number of thiazole rings is 1. The summed E-state index contributed by atoms with van der Waals surface area (Å²) in [7, 11) is -3.59. The second kappa shape index (κ2) is 9.31. The van der Waals surface area contributed by atoms with Gasteiger partial charge in [0.25, 0.3) is 0 Å². The molecule has 4 rings (SSSR count). The monoisotopic (exact) mass is 489 g/mol. The van der Waals surface area contributed by atoms with Crippen molar-refractivity contribution in [1.29, 1.82) is 0 Å². The van der Waals surface area contributed by atoms with E-state index in [0.717, 1.165) is 22.4 Å². The summed E-state index contributed by atoms with van der Waals surface area (Å²) in [6.45, 7) is 4.68. The number of piperidine rings is 1. The summed E-state index contributed by atoms with van der Waals surface area (Å²) >= 11 is 7.26. The highest BCUT2D eigenvalue weighted by Gasteiger charge is 2.32. The molecule has 1 saturated heterocycles. The Morgan fingerprint density at radius 1 is 1.12 bits per heavy atom. The molecule has 0 bridgehead atoms. The fourth-order valence-corrected chi connectivity index (χ4v) is 6.10. The van der Waals surface area contributed by atoms with Gasteiger partial charge in [0.15, 0.2) is 5.13 Å². The number of rotatable bonds is 5. The molecule has 2 aromatic carbocycles. The number of carbonyl (C=O) groups is 1. The minimum Gasteiger partial charge on any atom is -0.302 e. The summed E-state index contributed by atoms with van der Waals surface area (Å²) in [6.07, 6.45) is 0.932. The van der Waals surface area contributed by atoms with Crippen LogP contribution < -0.4 is 5.32 Å². The van der Waals surface area contributed by atoms with Gasteiger partial charge in [0.1, 0.15) is 0 Å². The zero-order valence-corrected chi connectivity index (χ0v) is 20.2. The fourth-order valence-electron chi connectivity index (χ4n) is 3.79. The molecule has 6 nitrogen and oxygen atoms in total. The van der Waals surface area contributed by atoms with Crippen molar-refractivity contribution < 1.29 is 13.2 Å². The molecule has 0 atom stereocenters. The number of amides is 1. The highest BCUT2D eigenvalue weighted by Crippen LogP contribution is 2.30. The first-order chi connectivity index (χ1) is 15.2. The molecule has 0 unspecified atom stereocenters. The van der Waals surface area contributed by atoms with E-state index in [2.05, 4.69) is 28.5 Å². The van der Waals surface area contributed by atoms with E-state index in [0.29, 0.717) is 36.1 Å². The molecule has 1 aliphatic heterocycles. The maximum absolute atomic E-state index is 12.8.